The van der Waals surface area contributed by atoms with Crippen molar-refractivity contribution < 1.29 is 18.5 Å². The quantitative estimate of drug-likeness (QED) is 0.268. The van der Waals surface area contributed by atoms with E-state index >= 15 is 0 Å². The molecule has 0 spiro atoms. The van der Waals surface area contributed by atoms with E-state index in [0.29, 0.717) is 31.9 Å². The summed E-state index contributed by atoms with van der Waals surface area (Å²) >= 11 is 5.96. The van der Waals surface area contributed by atoms with Gasteiger partial charge in [-0.1, -0.05) is 41.9 Å². The van der Waals surface area contributed by atoms with Crippen molar-refractivity contribution in [3.05, 3.63) is 98.6 Å². The summed E-state index contributed by atoms with van der Waals surface area (Å²) in [5.74, 6) is -2.72. The summed E-state index contributed by atoms with van der Waals surface area (Å²) in [4.78, 5) is 27.5. The molecule has 3 aromatic rings. The van der Waals surface area contributed by atoms with Crippen molar-refractivity contribution in [2.24, 2.45) is 0 Å². The Morgan fingerprint density at radius 2 is 1.69 bits per heavy atom. The van der Waals surface area contributed by atoms with Gasteiger partial charge in [0.15, 0.2) is 11.6 Å². The summed E-state index contributed by atoms with van der Waals surface area (Å²) in [5.41, 5.74) is 2.05. The molecule has 1 N–H and O–H groups in total. The van der Waals surface area contributed by atoms with Gasteiger partial charge in [-0.15, -0.1) is 0 Å². The fourth-order valence-electron chi connectivity index (χ4n) is 4.08. The van der Waals surface area contributed by atoms with Gasteiger partial charge in [0, 0.05) is 44.0 Å². The average Bonchev–Trinajstić information content (AvgIpc) is 2.86. The smallest absolute Gasteiger partial charge is 0.292 e. The topological polar surface area (TPSA) is 78.7 Å². The largest absolute Gasteiger partial charge is 0.373 e. The fraction of sp³-hybridized carbons (Fsp3) is 0.240. The van der Waals surface area contributed by atoms with Gasteiger partial charge in [0.1, 0.15) is 5.69 Å². The van der Waals surface area contributed by atoms with Crippen LogP contribution in [0.4, 0.5) is 25.8 Å². The Kier molecular flexibility index (Phi) is 7.16. The normalized spacial score (nSPS) is 14.5. The van der Waals surface area contributed by atoms with Crippen LogP contribution in [0.1, 0.15) is 28.9 Å². The molecule has 0 radical (unpaired) electrons. The summed E-state index contributed by atoms with van der Waals surface area (Å²) in [6, 6.07) is 16.0. The Labute approximate surface area is 206 Å². The van der Waals surface area contributed by atoms with Crippen LogP contribution in [0.25, 0.3) is 0 Å². The Bertz CT molecular complexity index is 1250. The molecule has 7 nitrogen and oxygen atoms in total. The third kappa shape index (κ3) is 5.35. The van der Waals surface area contributed by atoms with E-state index < -0.39 is 22.5 Å². The molecule has 3 aromatic carbocycles. The van der Waals surface area contributed by atoms with Gasteiger partial charge in [-0.25, -0.2) is 8.78 Å². The molecule has 10 heteroatoms. The maximum Gasteiger partial charge on any atom is 0.292 e. The molecule has 4 rings (SSSR count). The van der Waals surface area contributed by atoms with Gasteiger partial charge in [-0.2, -0.15) is 0 Å². The standard InChI is InChI=1S/C25H23ClF2N4O3/c1-16(17-5-3-2-4-6-17)29-23-13-18(7-8-24(23)32(34)35)30-9-11-31(12-10-30)25(33)19-14-21(27)22(28)15-20(19)26/h2-8,13-16,29H,9-12H2,1H3/t16-/m0/s1. The number of nitrogens with one attached hydrogen (secondary N) is 1. The Morgan fingerprint density at radius 1 is 1.03 bits per heavy atom. The van der Waals surface area contributed by atoms with Crippen molar-refractivity contribution in [1.82, 2.24) is 4.90 Å². The maximum absolute atomic E-state index is 13.6. The summed E-state index contributed by atoms with van der Waals surface area (Å²) in [7, 11) is 0. The lowest BCUT2D eigenvalue weighted by atomic mass is 10.1. The SMILES string of the molecule is C[C@H](Nc1cc(N2CCN(C(=O)c3cc(F)c(F)cc3Cl)CC2)ccc1[N+](=O)[O-])c1ccccc1. The number of carbonyl (C=O) groups is 1. The van der Waals surface area contributed by atoms with Crippen molar-refractivity contribution in [2.75, 3.05) is 36.4 Å². The van der Waals surface area contributed by atoms with Crippen molar-refractivity contribution in [3.63, 3.8) is 0 Å². The molecule has 35 heavy (non-hydrogen) atoms. The average molecular weight is 501 g/mol. The van der Waals surface area contributed by atoms with E-state index in [-0.39, 0.29) is 22.3 Å². The lowest BCUT2D eigenvalue weighted by molar-refractivity contribution is -0.384. The monoisotopic (exact) mass is 500 g/mol. The zero-order valence-electron chi connectivity index (χ0n) is 18.9. The van der Waals surface area contributed by atoms with Gasteiger partial charge in [0.2, 0.25) is 0 Å². The van der Waals surface area contributed by atoms with Gasteiger partial charge in [0.25, 0.3) is 11.6 Å². The van der Waals surface area contributed by atoms with Crippen molar-refractivity contribution in [2.45, 2.75) is 13.0 Å². The molecule has 1 atom stereocenters. The Balaban J connectivity index is 1.48. The van der Waals surface area contributed by atoms with Crippen LogP contribution in [0.2, 0.25) is 5.02 Å². The van der Waals surface area contributed by atoms with Crippen LogP contribution in [0.5, 0.6) is 0 Å². The number of piperazine rings is 1. The summed E-state index contributed by atoms with van der Waals surface area (Å²) in [6.07, 6.45) is 0. The second-order valence-corrected chi connectivity index (χ2v) is 8.67. The molecule has 0 unspecified atom stereocenters. The van der Waals surface area contributed by atoms with Gasteiger partial charge >= 0.3 is 0 Å². The van der Waals surface area contributed by atoms with E-state index in [1.807, 2.05) is 42.2 Å². The number of nitrogens with zero attached hydrogens (tertiary/aromatic N) is 3. The van der Waals surface area contributed by atoms with Gasteiger partial charge < -0.3 is 15.1 Å². The van der Waals surface area contributed by atoms with E-state index in [1.165, 1.54) is 11.0 Å². The molecule has 1 aliphatic heterocycles. The third-order valence-corrected chi connectivity index (χ3v) is 6.33. The van der Waals surface area contributed by atoms with Gasteiger partial charge in [-0.05, 0) is 36.8 Å². The van der Waals surface area contributed by atoms with Gasteiger partial charge in [0.05, 0.1) is 15.5 Å². The highest BCUT2D eigenvalue weighted by atomic mass is 35.5. The van der Waals surface area contributed by atoms with E-state index in [2.05, 4.69) is 5.32 Å². The van der Waals surface area contributed by atoms with Crippen molar-refractivity contribution in [1.29, 1.82) is 0 Å². The van der Waals surface area contributed by atoms with E-state index in [4.69, 9.17) is 11.6 Å². The number of halogens is 3. The molecular formula is C25H23ClF2N4O3. The number of nitro groups is 1. The Morgan fingerprint density at radius 3 is 2.34 bits per heavy atom. The van der Waals surface area contributed by atoms with E-state index in [1.54, 1.807) is 12.1 Å². The molecule has 1 fully saturated rings. The highest BCUT2D eigenvalue weighted by Gasteiger charge is 2.26. The predicted octanol–water partition coefficient (Wildman–Crippen LogP) is 5.66. The van der Waals surface area contributed by atoms with Crippen LogP contribution in [-0.4, -0.2) is 41.9 Å². The highest BCUT2D eigenvalue weighted by Crippen LogP contribution is 2.33. The molecule has 1 saturated heterocycles. The van der Waals surface area contributed by atoms with Crippen LogP contribution < -0.4 is 10.2 Å². The summed E-state index contributed by atoms with van der Waals surface area (Å²) in [5, 5.41) is 14.7. The second-order valence-electron chi connectivity index (χ2n) is 8.26. The zero-order chi connectivity index (χ0) is 25.1. The molecule has 0 aliphatic carbocycles. The molecular weight excluding hydrogens is 478 g/mol. The minimum Gasteiger partial charge on any atom is -0.373 e. The zero-order valence-corrected chi connectivity index (χ0v) is 19.6. The maximum atomic E-state index is 13.6. The number of hydrogen-bond donors (Lipinski definition) is 1. The van der Waals surface area contributed by atoms with Crippen molar-refractivity contribution in [3.8, 4) is 0 Å². The van der Waals surface area contributed by atoms with Crippen molar-refractivity contribution >= 4 is 34.6 Å². The molecule has 182 valence electrons. The first-order chi connectivity index (χ1) is 16.7. The number of amides is 1. The molecule has 1 amide bonds. The summed E-state index contributed by atoms with van der Waals surface area (Å²) < 4.78 is 27.0. The number of hydrogen-bond acceptors (Lipinski definition) is 5. The summed E-state index contributed by atoms with van der Waals surface area (Å²) in [6.45, 7) is 3.50. The van der Waals surface area contributed by atoms with Crippen LogP contribution in [-0.2, 0) is 0 Å². The number of benzene rings is 3. The number of carbonyl (C=O) groups excluding carboxylic acids is 1. The first-order valence-electron chi connectivity index (χ1n) is 11.0. The Hall–Kier alpha value is -3.72. The minimum absolute atomic E-state index is 0.0293. The molecule has 1 heterocycles. The lowest BCUT2D eigenvalue weighted by Gasteiger charge is -2.36. The van der Waals surface area contributed by atoms with Crippen LogP contribution >= 0.6 is 11.6 Å². The molecule has 1 aliphatic rings. The third-order valence-electron chi connectivity index (χ3n) is 6.02. The molecule has 0 saturated carbocycles. The number of anilines is 2. The molecule has 0 bridgehead atoms. The van der Waals surface area contributed by atoms with Gasteiger partial charge in [-0.3, -0.25) is 14.9 Å². The van der Waals surface area contributed by atoms with E-state index in [9.17, 15) is 23.7 Å². The van der Waals surface area contributed by atoms with Crippen LogP contribution in [0.3, 0.4) is 0 Å². The fourth-order valence-corrected chi connectivity index (χ4v) is 4.31. The highest BCUT2D eigenvalue weighted by molar-refractivity contribution is 6.33. The predicted molar refractivity (Wildman–Crippen MR) is 131 cm³/mol. The van der Waals surface area contributed by atoms with Crippen LogP contribution in [0, 0.1) is 21.7 Å². The second kappa shape index (κ2) is 10.3. The first kappa shape index (κ1) is 24.4. The van der Waals surface area contributed by atoms with E-state index in [0.717, 1.165) is 23.4 Å². The van der Waals surface area contributed by atoms with Crippen LogP contribution in [0.15, 0.2) is 60.7 Å². The molecule has 0 aromatic heterocycles. The first-order valence-corrected chi connectivity index (χ1v) is 11.4. The minimum atomic E-state index is -1.13. The number of rotatable bonds is 6. The number of nitro benzene ring substituents is 1. The lowest BCUT2D eigenvalue weighted by Crippen LogP contribution is -2.48.